The second-order valence-electron chi connectivity index (χ2n) is 6.04. The topological polar surface area (TPSA) is 69.3 Å². The number of fused-ring (bicyclic) bond motifs is 1. The number of aromatic amines is 1. The van der Waals surface area contributed by atoms with E-state index in [4.69, 9.17) is 0 Å². The van der Waals surface area contributed by atoms with E-state index in [2.05, 4.69) is 5.10 Å². The first-order chi connectivity index (χ1) is 10.8. The molecule has 0 radical (unpaired) electrons. The van der Waals surface area contributed by atoms with Gasteiger partial charge >= 0.3 is 6.18 Å². The summed E-state index contributed by atoms with van der Waals surface area (Å²) >= 11 is 0. The first-order valence-corrected chi connectivity index (χ1v) is 7.46. The van der Waals surface area contributed by atoms with E-state index >= 15 is 0 Å². The van der Waals surface area contributed by atoms with Gasteiger partial charge in [-0.05, 0) is 18.8 Å². The van der Waals surface area contributed by atoms with Crippen LogP contribution in [0.1, 0.15) is 25.3 Å². The summed E-state index contributed by atoms with van der Waals surface area (Å²) in [5.74, 6) is 0.0506. The number of halogens is 3. The van der Waals surface area contributed by atoms with Crippen LogP contribution in [0, 0.1) is 5.92 Å². The number of alkyl halides is 3. The fourth-order valence-electron chi connectivity index (χ4n) is 3.67. The third-order valence-corrected chi connectivity index (χ3v) is 4.65. The lowest BCUT2D eigenvalue weighted by atomic mass is 9.92. The molecule has 2 atom stereocenters. The number of rotatable bonds is 1. The number of nitrogens with zero attached hydrogens (tertiary/aromatic N) is 3. The summed E-state index contributed by atoms with van der Waals surface area (Å²) in [4.78, 5) is 26.6. The molecular weight excluding hydrogens is 313 g/mol. The molecular formula is C14H17F3N4O2. The largest absolute Gasteiger partial charge is 0.423 e. The monoisotopic (exact) mass is 330 g/mol. The average Bonchev–Trinajstić information content (AvgIpc) is 2.88. The molecule has 1 aromatic rings. The van der Waals surface area contributed by atoms with E-state index in [1.54, 1.807) is 4.90 Å². The number of piperidine rings is 1. The Hall–Kier alpha value is -2.06. The van der Waals surface area contributed by atoms with E-state index < -0.39 is 17.3 Å². The van der Waals surface area contributed by atoms with E-state index in [1.807, 2.05) is 5.10 Å². The molecule has 0 unspecified atom stereocenters. The number of likely N-dealkylation sites (tertiary alicyclic amines) is 1. The van der Waals surface area contributed by atoms with Crippen molar-refractivity contribution < 1.29 is 18.0 Å². The van der Waals surface area contributed by atoms with Crippen LogP contribution in [0.2, 0.25) is 0 Å². The third kappa shape index (κ3) is 2.79. The molecule has 2 fully saturated rings. The lowest BCUT2D eigenvalue weighted by Gasteiger charge is -2.36. The number of H-pyrrole nitrogens is 1. The molecule has 2 saturated heterocycles. The lowest BCUT2D eigenvalue weighted by Crippen LogP contribution is -2.47. The highest BCUT2D eigenvalue weighted by Gasteiger charge is 2.44. The SMILES string of the molecule is CC(=O)N1CCC[C@H]2CN(c3cn[nH]c(=O)c3C(F)(F)F)C[C@H]21. The predicted octanol–water partition coefficient (Wildman–Crippen LogP) is 1.24. The predicted molar refractivity (Wildman–Crippen MR) is 76.0 cm³/mol. The van der Waals surface area contributed by atoms with Gasteiger partial charge in [-0.3, -0.25) is 9.59 Å². The van der Waals surface area contributed by atoms with Crippen molar-refractivity contribution in [2.45, 2.75) is 32.0 Å². The minimum Gasteiger partial charge on any atom is -0.367 e. The second-order valence-corrected chi connectivity index (χ2v) is 6.04. The molecule has 0 saturated carbocycles. The first kappa shape index (κ1) is 15.8. The van der Waals surface area contributed by atoms with Crippen LogP contribution in [0.25, 0.3) is 0 Å². The highest BCUT2D eigenvalue weighted by molar-refractivity contribution is 5.74. The Kier molecular flexibility index (Phi) is 3.81. The van der Waals surface area contributed by atoms with Crippen LogP contribution in [-0.4, -0.2) is 46.7 Å². The molecule has 2 aliphatic heterocycles. The number of nitrogens with one attached hydrogen (secondary N) is 1. The fourth-order valence-corrected chi connectivity index (χ4v) is 3.67. The minimum absolute atomic E-state index is 0.0679. The van der Waals surface area contributed by atoms with Gasteiger partial charge in [0.15, 0.2) is 0 Å². The molecule has 23 heavy (non-hydrogen) atoms. The summed E-state index contributed by atoms with van der Waals surface area (Å²) in [7, 11) is 0. The van der Waals surface area contributed by atoms with Crippen LogP contribution < -0.4 is 10.5 Å². The Bertz CT molecular complexity index is 673. The summed E-state index contributed by atoms with van der Waals surface area (Å²) in [5.41, 5.74) is -2.67. The second kappa shape index (κ2) is 5.54. The van der Waals surface area contributed by atoms with Gasteiger partial charge in [-0.1, -0.05) is 0 Å². The van der Waals surface area contributed by atoms with Crippen molar-refractivity contribution in [2.24, 2.45) is 5.92 Å². The molecule has 2 aliphatic rings. The van der Waals surface area contributed by atoms with Crippen LogP contribution in [0.15, 0.2) is 11.0 Å². The van der Waals surface area contributed by atoms with E-state index in [1.165, 1.54) is 11.8 Å². The van der Waals surface area contributed by atoms with Gasteiger partial charge in [-0.25, -0.2) is 5.10 Å². The Morgan fingerprint density at radius 3 is 2.78 bits per heavy atom. The average molecular weight is 330 g/mol. The number of aromatic nitrogens is 2. The molecule has 0 aromatic carbocycles. The van der Waals surface area contributed by atoms with Gasteiger partial charge in [-0.2, -0.15) is 18.3 Å². The van der Waals surface area contributed by atoms with E-state index in [0.717, 1.165) is 19.0 Å². The van der Waals surface area contributed by atoms with Gasteiger partial charge < -0.3 is 9.80 Å². The molecule has 126 valence electrons. The van der Waals surface area contributed by atoms with Crippen molar-refractivity contribution in [1.29, 1.82) is 0 Å². The number of carbonyl (C=O) groups is 1. The molecule has 3 heterocycles. The Balaban J connectivity index is 1.95. The van der Waals surface area contributed by atoms with E-state index in [9.17, 15) is 22.8 Å². The summed E-state index contributed by atoms with van der Waals surface area (Å²) in [5, 5.41) is 5.36. The summed E-state index contributed by atoms with van der Waals surface area (Å²) in [6, 6.07) is -0.110. The molecule has 9 heteroatoms. The first-order valence-electron chi connectivity index (χ1n) is 7.46. The number of hydrogen-bond donors (Lipinski definition) is 1. The van der Waals surface area contributed by atoms with Crippen molar-refractivity contribution in [3.63, 3.8) is 0 Å². The van der Waals surface area contributed by atoms with Crippen molar-refractivity contribution in [2.75, 3.05) is 24.5 Å². The highest BCUT2D eigenvalue weighted by Crippen LogP contribution is 2.38. The van der Waals surface area contributed by atoms with Gasteiger partial charge in [-0.15, -0.1) is 0 Å². The van der Waals surface area contributed by atoms with Gasteiger partial charge in [0.2, 0.25) is 5.91 Å². The van der Waals surface area contributed by atoms with Crippen LogP contribution in [0.4, 0.5) is 18.9 Å². The van der Waals surface area contributed by atoms with Crippen LogP contribution >= 0.6 is 0 Å². The highest BCUT2D eigenvalue weighted by atomic mass is 19.4. The Labute approximate surface area is 130 Å². The van der Waals surface area contributed by atoms with Gasteiger partial charge in [0.25, 0.3) is 5.56 Å². The zero-order valence-electron chi connectivity index (χ0n) is 12.6. The number of hydrogen-bond acceptors (Lipinski definition) is 4. The molecule has 0 bridgehead atoms. The summed E-state index contributed by atoms with van der Waals surface area (Å²) in [6.07, 6.45) is -2.00. The minimum atomic E-state index is -4.75. The number of amides is 1. The van der Waals surface area contributed by atoms with Crippen LogP contribution in [0.3, 0.4) is 0 Å². The molecule has 6 nitrogen and oxygen atoms in total. The zero-order chi connectivity index (χ0) is 16.8. The quantitative estimate of drug-likeness (QED) is 0.841. The smallest absolute Gasteiger partial charge is 0.367 e. The maximum absolute atomic E-state index is 13.2. The third-order valence-electron chi connectivity index (χ3n) is 4.65. The molecule has 1 aromatic heterocycles. The van der Waals surface area contributed by atoms with Crippen molar-refractivity contribution >= 4 is 11.6 Å². The zero-order valence-corrected chi connectivity index (χ0v) is 12.6. The Morgan fingerprint density at radius 2 is 2.13 bits per heavy atom. The summed E-state index contributed by atoms with van der Waals surface area (Å²) in [6.45, 7) is 2.78. The van der Waals surface area contributed by atoms with Crippen LogP contribution in [0.5, 0.6) is 0 Å². The molecule has 1 amide bonds. The van der Waals surface area contributed by atoms with Gasteiger partial charge in [0, 0.05) is 26.6 Å². The molecule has 0 spiro atoms. The standard InChI is InChI=1S/C14H17F3N4O2/c1-8(22)21-4-2-3-9-6-20(7-11(9)21)10-5-18-19-13(23)12(10)14(15,16)17/h5,9,11H,2-4,6-7H2,1H3,(H,19,23)/t9-,11+/m0/s1. The molecule has 1 N–H and O–H groups in total. The van der Waals surface area contributed by atoms with Crippen molar-refractivity contribution in [1.82, 2.24) is 15.1 Å². The Morgan fingerprint density at radius 1 is 1.39 bits per heavy atom. The van der Waals surface area contributed by atoms with Gasteiger partial charge in [0.1, 0.15) is 5.56 Å². The van der Waals surface area contributed by atoms with Crippen molar-refractivity contribution in [3.8, 4) is 0 Å². The lowest BCUT2D eigenvalue weighted by molar-refractivity contribution is -0.138. The molecule has 0 aliphatic carbocycles. The maximum Gasteiger partial charge on any atom is 0.423 e. The van der Waals surface area contributed by atoms with E-state index in [-0.39, 0.29) is 23.6 Å². The fraction of sp³-hybridized carbons (Fsp3) is 0.643. The van der Waals surface area contributed by atoms with Crippen LogP contribution in [-0.2, 0) is 11.0 Å². The van der Waals surface area contributed by atoms with E-state index in [0.29, 0.717) is 19.6 Å². The number of anilines is 1. The molecule has 3 rings (SSSR count). The number of carbonyl (C=O) groups excluding carboxylic acids is 1. The van der Waals surface area contributed by atoms with Crippen molar-refractivity contribution in [3.05, 3.63) is 22.1 Å². The van der Waals surface area contributed by atoms with Gasteiger partial charge in [0.05, 0.1) is 17.9 Å². The summed E-state index contributed by atoms with van der Waals surface area (Å²) < 4.78 is 39.6. The maximum atomic E-state index is 13.2. The normalized spacial score (nSPS) is 24.7.